The molecule has 38 heavy (non-hydrogen) atoms. The minimum atomic E-state index is -1.01. The number of carbonyl (C=O) groups is 3. The number of fused-ring (bicyclic) bond motifs is 1. The van der Waals surface area contributed by atoms with Gasteiger partial charge in [0.1, 0.15) is 23.9 Å². The van der Waals surface area contributed by atoms with Gasteiger partial charge in [-0.2, -0.15) is 0 Å². The summed E-state index contributed by atoms with van der Waals surface area (Å²) in [6.07, 6.45) is 0. The lowest BCUT2D eigenvalue weighted by Gasteiger charge is -2.26. The summed E-state index contributed by atoms with van der Waals surface area (Å²) >= 11 is 0. The second-order valence-corrected chi connectivity index (χ2v) is 9.74. The van der Waals surface area contributed by atoms with E-state index in [0.29, 0.717) is 47.0 Å². The van der Waals surface area contributed by atoms with Gasteiger partial charge in [0.15, 0.2) is 5.78 Å². The Morgan fingerprint density at radius 2 is 1.82 bits per heavy atom. The number of hydrogen-bond donors (Lipinski definition) is 4. The zero-order valence-electron chi connectivity index (χ0n) is 22.5. The maximum Gasteiger partial charge on any atom is 0.322 e. The highest BCUT2D eigenvalue weighted by Crippen LogP contribution is 2.38. The lowest BCUT2D eigenvalue weighted by molar-refractivity contribution is -0.134. The Kier molecular flexibility index (Phi) is 9.91. The van der Waals surface area contributed by atoms with E-state index in [1.54, 1.807) is 29.2 Å². The monoisotopic (exact) mass is 590 g/mol. The summed E-state index contributed by atoms with van der Waals surface area (Å²) in [6, 6.07) is 6.73. The molecule has 0 saturated carbocycles. The average Bonchev–Trinajstić information content (AvgIpc) is 3.14. The number of aliphatic carboxylic acids is 1. The standard InChI is InChI=1S/C27H34N4O6.BrH/c1-7-37-21-10-16-13-31(25(28)17(16)11-18(21)26(35)29-5)14-20(32)15-8-19(27(2,3)4)24(22(9-15)36-6)30-12-23(33)34;/h8-11,28,30H,7,12-14H2,1-6H3,(H,29,35)(H,33,34);1H. The Balaban J connectivity index is 0.00000507. The van der Waals surface area contributed by atoms with Gasteiger partial charge in [-0.3, -0.25) is 19.8 Å². The smallest absolute Gasteiger partial charge is 0.322 e. The number of halogens is 1. The van der Waals surface area contributed by atoms with Crippen molar-refractivity contribution in [3.63, 3.8) is 0 Å². The molecule has 10 nitrogen and oxygen atoms in total. The number of carboxylic acid groups (broad SMARTS) is 1. The molecule has 0 saturated heterocycles. The minimum absolute atomic E-state index is 0. The first-order valence-electron chi connectivity index (χ1n) is 12.0. The van der Waals surface area contributed by atoms with Gasteiger partial charge in [0.25, 0.3) is 5.91 Å². The molecule has 1 heterocycles. The predicted octanol–water partition coefficient (Wildman–Crippen LogP) is 3.85. The van der Waals surface area contributed by atoms with Gasteiger partial charge in [-0.1, -0.05) is 20.8 Å². The van der Waals surface area contributed by atoms with Crippen molar-refractivity contribution in [3.8, 4) is 11.5 Å². The summed E-state index contributed by atoms with van der Waals surface area (Å²) in [6.45, 7) is 8.10. The number of nitrogens with one attached hydrogen (secondary N) is 3. The van der Waals surface area contributed by atoms with Crippen LogP contribution in [-0.4, -0.2) is 67.4 Å². The van der Waals surface area contributed by atoms with Crippen molar-refractivity contribution in [1.29, 1.82) is 5.41 Å². The molecule has 0 aliphatic carbocycles. The lowest BCUT2D eigenvalue weighted by atomic mass is 9.84. The zero-order chi connectivity index (χ0) is 27.5. The summed E-state index contributed by atoms with van der Waals surface area (Å²) < 4.78 is 11.2. The summed E-state index contributed by atoms with van der Waals surface area (Å²) in [4.78, 5) is 38.6. The normalized spacial score (nSPS) is 12.4. The highest BCUT2D eigenvalue weighted by molar-refractivity contribution is 8.93. The van der Waals surface area contributed by atoms with Gasteiger partial charge in [0.2, 0.25) is 0 Å². The number of amidine groups is 1. The molecule has 1 amide bonds. The SMILES string of the molecule is Br.CCOc1cc2c(cc1C(=O)NC)C(=N)N(CC(=O)c1cc(OC)c(NCC(=O)O)c(C(C)(C)C)c1)C2. The van der Waals surface area contributed by atoms with Crippen LogP contribution in [0.2, 0.25) is 0 Å². The molecule has 11 heteroatoms. The molecule has 2 aromatic carbocycles. The maximum absolute atomic E-state index is 13.4. The van der Waals surface area contributed by atoms with E-state index in [9.17, 15) is 14.4 Å². The molecule has 4 N–H and O–H groups in total. The number of hydrogen-bond acceptors (Lipinski definition) is 7. The molecule has 0 bridgehead atoms. The van der Waals surface area contributed by atoms with Crippen LogP contribution in [0, 0.1) is 5.41 Å². The molecule has 1 aliphatic heterocycles. The predicted molar refractivity (Wildman–Crippen MR) is 151 cm³/mol. The largest absolute Gasteiger partial charge is 0.495 e. The van der Waals surface area contributed by atoms with Crippen molar-refractivity contribution in [3.05, 3.63) is 52.1 Å². The molecule has 0 fully saturated rings. The topological polar surface area (TPSA) is 141 Å². The lowest BCUT2D eigenvalue weighted by Crippen LogP contribution is -2.30. The average molecular weight is 592 g/mol. The van der Waals surface area contributed by atoms with Crippen molar-refractivity contribution < 1.29 is 29.0 Å². The number of carboxylic acids is 1. The van der Waals surface area contributed by atoms with E-state index in [0.717, 1.165) is 11.1 Å². The number of benzene rings is 2. The number of anilines is 1. The van der Waals surface area contributed by atoms with Crippen molar-refractivity contribution in [2.45, 2.75) is 39.7 Å². The maximum atomic E-state index is 13.4. The van der Waals surface area contributed by atoms with E-state index in [-0.39, 0.29) is 47.6 Å². The van der Waals surface area contributed by atoms with E-state index in [1.165, 1.54) is 14.2 Å². The van der Waals surface area contributed by atoms with E-state index in [4.69, 9.17) is 20.0 Å². The van der Waals surface area contributed by atoms with Crippen LogP contribution in [0.25, 0.3) is 0 Å². The Morgan fingerprint density at radius 3 is 2.37 bits per heavy atom. The van der Waals surface area contributed by atoms with E-state index >= 15 is 0 Å². The highest BCUT2D eigenvalue weighted by Gasteiger charge is 2.30. The molecular weight excluding hydrogens is 556 g/mol. The second kappa shape index (κ2) is 12.3. The number of nitrogens with zero attached hydrogens (tertiary/aromatic N) is 1. The van der Waals surface area contributed by atoms with E-state index in [2.05, 4.69) is 10.6 Å². The van der Waals surface area contributed by atoms with Crippen LogP contribution in [-0.2, 0) is 16.8 Å². The number of amides is 1. The minimum Gasteiger partial charge on any atom is -0.495 e. The molecule has 1 aliphatic rings. The highest BCUT2D eigenvalue weighted by atomic mass is 79.9. The molecule has 2 aromatic rings. The summed E-state index contributed by atoms with van der Waals surface area (Å²) in [5.74, 6) is -0.589. The van der Waals surface area contributed by atoms with Crippen molar-refractivity contribution >= 4 is 46.2 Å². The number of methoxy groups -OCH3 is 1. The fourth-order valence-corrected chi connectivity index (χ4v) is 4.29. The zero-order valence-corrected chi connectivity index (χ0v) is 24.2. The van der Waals surface area contributed by atoms with E-state index in [1.807, 2.05) is 27.7 Å². The number of rotatable bonds is 10. The molecule has 0 aromatic heterocycles. The molecular formula is C27H35BrN4O6. The summed E-state index contributed by atoms with van der Waals surface area (Å²) in [7, 11) is 3.00. The Hall–Kier alpha value is -3.60. The molecule has 0 radical (unpaired) electrons. The van der Waals surface area contributed by atoms with Crippen LogP contribution in [0.3, 0.4) is 0 Å². The molecule has 0 spiro atoms. The van der Waals surface area contributed by atoms with Crippen LogP contribution in [0.1, 0.15) is 65.1 Å². The van der Waals surface area contributed by atoms with Gasteiger partial charge in [-0.15, -0.1) is 17.0 Å². The summed E-state index contributed by atoms with van der Waals surface area (Å²) in [5.41, 5.74) is 2.98. The van der Waals surface area contributed by atoms with Gasteiger partial charge in [-0.05, 0) is 47.7 Å². The molecule has 3 rings (SSSR count). The number of Topliss-reactive ketones (excluding diaryl/α,β-unsaturated/α-hetero) is 1. The quantitative estimate of drug-likeness (QED) is 0.306. The van der Waals surface area contributed by atoms with Crippen molar-refractivity contribution in [2.24, 2.45) is 0 Å². The van der Waals surface area contributed by atoms with Crippen molar-refractivity contribution in [1.82, 2.24) is 10.2 Å². The van der Waals surface area contributed by atoms with Gasteiger partial charge < -0.3 is 30.1 Å². The second-order valence-electron chi connectivity index (χ2n) is 9.74. The Morgan fingerprint density at radius 1 is 1.13 bits per heavy atom. The third kappa shape index (κ3) is 6.45. The molecule has 0 unspecified atom stereocenters. The fourth-order valence-electron chi connectivity index (χ4n) is 4.29. The number of ketones is 1. The molecule has 206 valence electrons. The first-order valence-corrected chi connectivity index (χ1v) is 12.0. The van der Waals surface area contributed by atoms with Crippen LogP contribution in [0.4, 0.5) is 5.69 Å². The van der Waals surface area contributed by atoms with Crippen LogP contribution in [0.5, 0.6) is 11.5 Å². The molecule has 0 atom stereocenters. The van der Waals surface area contributed by atoms with Crippen molar-refractivity contribution in [2.75, 3.05) is 39.2 Å². The van der Waals surface area contributed by atoms with Gasteiger partial charge in [0, 0.05) is 24.7 Å². The number of ether oxygens (including phenoxy) is 2. The summed E-state index contributed by atoms with van der Waals surface area (Å²) in [5, 5.41) is 23.3. The third-order valence-corrected chi connectivity index (χ3v) is 6.11. The Bertz CT molecular complexity index is 1260. The fraction of sp³-hybridized carbons (Fsp3) is 0.407. The third-order valence-electron chi connectivity index (χ3n) is 6.11. The number of carbonyl (C=O) groups excluding carboxylic acids is 2. The first kappa shape index (κ1) is 30.6. The van der Waals surface area contributed by atoms with Gasteiger partial charge in [-0.25, -0.2) is 0 Å². The van der Waals surface area contributed by atoms with Crippen LogP contribution >= 0.6 is 17.0 Å². The van der Waals surface area contributed by atoms with Gasteiger partial charge >= 0.3 is 5.97 Å². The van der Waals surface area contributed by atoms with E-state index < -0.39 is 11.4 Å². The first-order chi connectivity index (χ1) is 17.4. The Labute approximate surface area is 233 Å². The van der Waals surface area contributed by atoms with Crippen LogP contribution < -0.4 is 20.1 Å². The van der Waals surface area contributed by atoms with Gasteiger partial charge in [0.05, 0.1) is 31.5 Å². The van der Waals surface area contributed by atoms with Crippen LogP contribution in [0.15, 0.2) is 24.3 Å².